The normalized spacial score (nSPS) is 11.2. The van der Waals surface area contributed by atoms with Crippen molar-refractivity contribution in [3.8, 4) is 39.9 Å². The molecular weight excluding hydrogens is 454 g/mol. The molecule has 174 valence electrons. The van der Waals surface area contributed by atoms with Crippen LogP contribution in [0.4, 0.5) is 0 Å². The molecule has 0 saturated carbocycles. The standard InChI is InChI=1S/C32H21N5/c1-3-11-22(12-4-1)26-19-27(36-32(35-26)23-13-5-2-6-14-23)28-20-34-31(21-33-28)37-29-17-9-7-15-24(29)25-16-8-10-18-30(25)37/h1-21H. The Morgan fingerprint density at radius 1 is 0.459 bits per heavy atom. The lowest BCUT2D eigenvalue weighted by molar-refractivity contribution is 1.04. The van der Waals surface area contributed by atoms with Crippen molar-refractivity contribution in [2.75, 3.05) is 0 Å². The largest absolute Gasteiger partial charge is 0.293 e. The first kappa shape index (κ1) is 21.1. The second-order valence-electron chi connectivity index (χ2n) is 8.82. The minimum absolute atomic E-state index is 0.658. The van der Waals surface area contributed by atoms with E-state index >= 15 is 0 Å². The lowest BCUT2D eigenvalue weighted by Crippen LogP contribution is -2.01. The van der Waals surface area contributed by atoms with Crippen LogP contribution in [0.5, 0.6) is 0 Å². The number of hydrogen-bond donors (Lipinski definition) is 0. The first-order valence-corrected chi connectivity index (χ1v) is 12.2. The highest BCUT2D eigenvalue weighted by Crippen LogP contribution is 2.31. The van der Waals surface area contributed by atoms with E-state index in [0.717, 1.165) is 39.4 Å². The Balaban J connectivity index is 1.37. The van der Waals surface area contributed by atoms with Gasteiger partial charge in [-0.05, 0) is 18.2 Å². The fourth-order valence-electron chi connectivity index (χ4n) is 4.79. The molecule has 0 saturated heterocycles. The Morgan fingerprint density at radius 3 is 1.65 bits per heavy atom. The molecule has 7 aromatic rings. The maximum atomic E-state index is 4.87. The minimum atomic E-state index is 0.658. The second-order valence-corrected chi connectivity index (χ2v) is 8.82. The van der Waals surface area contributed by atoms with Crippen molar-refractivity contribution in [1.29, 1.82) is 0 Å². The summed E-state index contributed by atoms with van der Waals surface area (Å²) >= 11 is 0. The number of hydrogen-bond acceptors (Lipinski definition) is 4. The van der Waals surface area contributed by atoms with Crippen molar-refractivity contribution in [2.24, 2.45) is 0 Å². The van der Waals surface area contributed by atoms with E-state index < -0.39 is 0 Å². The maximum Gasteiger partial charge on any atom is 0.160 e. The predicted molar refractivity (Wildman–Crippen MR) is 148 cm³/mol. The van der Waals surface area contributed by atoms with Gasteiger partial charge in [0.05, 0.1) is 34.8 Å². The first-order valence-electron chi connectivity index (χ1n) is 12.2. The van der Waals surface area contributed by atoms with Crippen LogP contribution in [0.2, 0.25) is 0 Å². The van der Waals surface area contributed by atoms with Gasteiger partial charge in [0.25, 0.3) is 0 Å². The van der Waals surface area contributed by atoms with Gasteiger partial charge in [-0.15, -0.1) is 0 Å². The molecule has 0 spiro atoms. The van der Waals surface area contributed by atoms with Crippen LogP contribution < -0.4 is 0 Å². The number of aromatic nitrogens is 5. The molecule has 5 heteroatoms. The summed E-state index contributed by atoms with van der Waals surface area (Å²) in [4.78, 5) is 19.4. The van der Waals surface area contributed by atoms with Crippen molar-refractivity contribution in [3.63, 3.8) is 0 Å². The molecule has 0 radical (unpaired) electrons. The molecule has 0 unspecified atom stereocenters. The number of nitrogens with zero attached hydrogens (tertiary/aromatic N) is 5. The summed E-state index contributed by atoms with van der Waals surface area (Å²) < 4.78 is 2.16. The zero-order chi connectivity index (χ0) is 24.6. The van der Waals surface area contributed by atoms with Crippen LogP contribution in [0.1, 0.15) is 0 Å². The van der Waals surface area contributed by atoms with Crippen molar-refractivity contribution in [2.45, 2.75) is 0 Å². The van der Waals surface area contributed by atoms with Gasteiger partial charge in [0.1, 0.15) is 5.69 Å². The Kier molecular flexibility index (Phi) is 5.03. The van der Waals surface area contributed by atoms with Gasteiger partial charge in [0.2, 0.25) is 0 Å². The molecule has 0 aliphatic carbocycles. The molecule has 37 heavy (non-hydrogen) atoms. The zero-order valence-corrected chi connectivity index (χ0v) is 19.9. The summed E-state index contributed by atoms with van der Waals surface area (Å²) in [6.07, 6.45) is 3.62. The van der Waals surface area contributed by atoms with E-state index in [9.17, 15) is 0 Å². The number of para-hydroxylation sites is 2. The Labute approximate surface area is 213 Å². The summed E-state index contributed by atoms with van der Waals surface area (Å²) in [5, 5.41) is 2.39. The number of benzene rings is 4. The highest BCUT2D eigenvalue weighted by molar-refractivity contribution is 6.09. The highest BCUT2D eigenvalue weighted by Gasteiger charge is 2.15. The molecular formula is C32H21N5. The van der Waals surface area contributed by atoms with E-state index in [-0.39, 0.29) is 0 Å². The van der Waals surface area contributed by atoms with E-state index in [0.29, 0.717) is 11.5 Å². The summed E-state index contributed by atoms with van der Waals surface area (Å²) in [5.74, 6) is 1.42. The van der Waals surface area contributed by atoms with Crippen LogP contribution >= 0.6 is 0 Å². The lowest BCUT2D eigenvalue weighted by atomic mass is 10.1. The summed E-state index contributed by atoms with van der Waals surface area (Å²) in [7, 11) is 0. The van der Waals surface area contributed by atoms with Crippen LogP contribution in [-0.2, 0) is 0 Å². The molecule has 5 nitrogen and oxygen atoms in total. The maximum absolute atomic E-state index is 4.87. The van der Waals surface area contributed by atoms with E-state index in [1.54, 1.807) is 6.20 Å². The fourth-order valence-corrected chi connectivity index (χ4v) is 4.79. The second kappa shape index (κ2) is 8.81. The van der Waals surface area contributed by atoms with Crippen molar-refractivity contribution in [1.82, 2.24) is 24.5 Å². The fraction of sp³-hybridized carbons (Fsp3) is 0. The molecule has 7 rings (SSSR count). The molecule has 0 aliphatic heterocycles. The van der Waals surface area contributed by atoms with Gasteiger partial charge >= 0.3 is 0 Å². The van der Waals surface area contributed by atoms with E-state index in [2.05, 4.69) is 65.2 Å². The molecule has 0 bridgehead atoms. The predicted octanol–water partition coefficient (Wildman–Crippen LogP) is 7.36. The zero-order valence-electron chi connectivity index (χ0n) is 19.9. The molecule has 4 aromatic carbocycles. The Bertz CT molecular complexity index is 1750. The third kappa shape index (κ3) is 3.74. The Hall–Kier alpha value is -5.16. The van der Waals surface area contributed by atoms with Gasteiger partial charge in [-0.25, -0.2) is 19.9 Å². The monoisotopic (exact) mass is 475 g/mol. The van der Waals surface area contributed by atoms with Crippen LogP contribution in [0.25, 0.3) is 61.7 Å². The van der Waals surface area contributed by atoms with Crippen LogP contribution in [-0.4, -0.2) is 24.5 Å². The van der Waals surface area contributed by atoms with Crippen molar-refractivity contribution >= 4 is 21.8 Å². The third-order valence-corrected chi connectivity index (χ3v) is 6.54. The van der Waals surface area contributed by atoms with Crippen LogP contribution in [0, 0.1) is 0 Å². The van der Waals surface area contributed by atoms with Crippen LogP contribution in [0.15, 0.2) is 128 Å². The average Bonchev–Trinajstić information content (AvgIpc) is 3.32. The lowest BCUT2D eigenvalue weighted by Gasteiger charge is -2.10. The quantitative estimate of drug-likeness (QED) is 0.267. The molecule has 0 fully saturated rings. The van der Waals surface area contributed by atoms with E-state index in [1.165, 1.54) is 10.8 Å². The molecule has 0 N–H and O–H groups in total. The third-order valence-electron chi connectivity index (χ3n) is 6.54. The average molecular weight is 476 g/mol. The summed E-state index contributed by atoms with van der Waals surface area (Å²) in [5.41, 5.74) is 6.46. The van der Waals surface area contributed by atoms with Crippen molar-refractivity contribution < 1.29 is 0 Å². The summed E-state index contributed by atoms with van der Waals surface area (Å²) in [6, 6.07) is 38.9. The number of rotatable bonds is 4. The minimum Gasteiger partial charge on any atom is -0.293 e. The smallest absolute Gasteiger partial charge is 0.160 e. The van der Waals surface area contributed by atoms with Crippen molar-refractivity contribution in [3.05, 3.63) is 128 Å². The molecule has 0 aliphatic rings. The van der Waals surface area contributed by atoms with Gasteiger partial charge in [-0.1, -0.05) is 97.1 Å². The van der Waals surface area contributed by atoms with Gasteiger partial charge < -0.3 is 0 Å². The van der Waals surface area contributed by atoms with Gasteiger partial charge in [0.15, 0.2) is 11.6 Å². The highest BCUT2D eigenvalue weighted by atomic mass is 15.1. The van der Waals surface area contributed by atoms with Crippen LogP contribution in [0.3, 0.4) is 0 Å². The summed E-state index contributed by atoms with van der Waals surface area (Å²) in [6.45, 7) is 0. The molecule has 3 heterocycles. The SMILES string of the molecule is c1ccc(-c2cc(-c3cnc(-n4c5ccccc5c5ccccc54)cn3)nc(-c3ccccc3)n2)cc1. The van der Waals surface area contributed by atoms with Gasteiger partial charge in [0, 0.05) is 21.9 Å². The molecule has 0 atom stereocenters. The number of fused-ring (bicyclic) bond motifs is 3. The molecule has 0 amide bonds. The molecule has 3 aromatic heterocycles. The van der Waals surface area contributed by atoms with E-state index in [4.69, 9.17) is 19.9 Å². The van der Waals surface area contributed by atoms with E-state index in [1.807, 2.05) is 60.8 Å². The Morgan fingerprint density at radius 2 is 1.03 bits per heavy atom. The van der Waals surface area contributed by atoms with Gasteiger partial charge in [-0.2, -0.15) is 0 Å². The first-order chi connectivity index (χ1) is 18.3. The van der Waals surface area contributed by atoms with Gasteiger partial charge in [-0.3, -0.25) is 4.57 Å². The topological polar surface area (TPSA) is 56.5 Å².